The molecule has 0 saturated carbocycles. The Balaban J connectivity index is 1.58. The monoisotopic (exact) mass is 409 g/mol. The second-order valence-electron chi connectivity index (χ2n) is 5.71. The van der Waals surface area contributed by atoms with Gasteiger partial charge in [-0.15, -0.1) is 0 Å². The lowest BCUT2D eigenvalue weighted by atomic mass is 9.96. The SMILES string of the molecule is Cc1nc(Cl)cc(N2CCC(C(=O)Nc3ccc(Br)cn3)CC2)n1. The van der Waals surface area contributed by atoms with E-state index in [1.165, 1.54) is 0 Å². The third-order valence-corrected chi connectivity index (χ3v) is 4.62. The highest BCUT2D eigenvalue weighted by atomic mass is 79.9. The molecule has 1 aliphatic heterocycles. The Hall–Kier alpha value is -1.73. The number of hydrogen-bond donors (Lipinski definition) is 1. The van der Waals surface area contributed by atoms with E-state index >= 15 is 0 Å². The summed E-state index contributed by atoms with van der Waals surface area (Å²) in [6, 6.07) is 5.40. The van der Waals surface area contributed by atoms with Crippen LogP contribution in [0.5, 0.6) is 0 Å². The van der Waals surface area contributed by atoms with Crippen LogP contribution in [0.3, 0.4) is 0 Å². The minimum absolute atomic E-state index is 0.0152. The molecule has 0 unspecified atom stereocenters. The van der Waals surface area contributed by atoms with Gasteiger partial charge < -0.3 is 10.2 Å². The zero-order valence-corrected chi connectivity index (χ0v) is 15.5. The van der Waals surface area contributed by atoms with Gasteiger partial charge >= 0.3 is 0 Å². The predicted molar refractivity (Wildman–Crippen MR) is 97.3 cm³/mol. The molecule has 1 N–H and O–H groups in total. The lowest BCUT2D eigenvalue weighted by Crippen LogP contribution is -2.38. The fourth-order valence-corrected chi connectivity index (χ4v) is 3.18. The molecule has 6 nitrogen and oxygen atoms in total. The summed E-state index contributed by atoms with van der Waals surface area (Å²) < 4.78 is 0.882. The number of halogens is 2. The Kier molecular flexibility index (Phi) is 5.30. The Morgan fingerprint density at radius 2 is 2.08 bits per heavy atom. The first kappa shape index (κ1) is 17.1. The Morgan fingerprint density at radius 3 is 2.71 bits per heavy atom. The van der Waals surface area contributed by atoms with Gasteiger partial charge in [0.05, 0.1) is 0 Å². The van der Waals surface area contributed by atoms with Crippen molar-refractivity contribution < 1.29 is 4.79 Å². The van der Waals surface area contributed by atoms with Crippen LogP contribution in [-0.2, 0) is 4.79 Å². The van der Waals surface area contributed by atoms with Crippen LogP contribution in [0.25, 0.3) is 0 Å². The number of carbonyl (C=O) groups is 1. The van der Waals surface area contributed by atoms with Crippen LogP contribution in [0.4, 0.5) is 11.6 Å². The van der Waals surface area contributed by atoms with Crippen molar-refractivity contribution in [1.29, 1.82) is 0 Å². The van der Waals surface area contributed by atoms with Gasteiger partial charge in [0, 0.05) is 35.7 Å². The molecule has 0 spiro atoms. The summed E-state index contributed by atoms with van der Waals surface area (Å²) >= 11 is 9.32. The fourth-order valence-electron chi connectivity index (χ4n) is 2.73. The maximum Gasteiger partial charge on any atom is 0.228 e. The maximum atomic E-state index is 12.4. The van der Waals surface area contributed by atoms with E-state index in [-0.39, 0.29) is 11.8 Å². The number of aromatic nitrogens is 3. The molecule has 1 aliphatic rings. The molecular weight excluding hydrogens is 394 g/mol. The number of anilines is 2. The minimum atomic E-state index is -0.0231. The van der Waals surface area contributed by atoms with E-state index in [9.17, 15) is 4.79 Å². The lowest BCUT2D eigenvalue weighted by Gasteiger charge is -2.32. The molecular formula is C16H17BrClN5O. The summed E-state index contributed by atoms with van der Waals surface area (Å²) in [5, 5.41) is 3.32. The third kappa shape index (κ3) is 4.21. The van der Waals surface area contributed by atoms with Gasteiger partial charge in [0.1, 0.15) is 22.6 Å². The molecule has 126 valence electrons. The number of pyridine rings is 1. The van der Waals surface area contributed by atoms with Gasteiger partial charge in [0.15, 0.2) is 0 Å². The molecule has 2 aromatic rings. The van der Waals surface area contributed by atoms with Gasteiger partial charge in [0.2, 0.25) is 5.91 Å². The van der Waals surface area contributed by atoms with Crippen LogP contribution in [0, 0.1) is 12.8 Å². The first-order valence-electron chi connectivity index (χ1n) is 7.70. The van der Waals surface area contributed by atoms with Crippen molar-refractivity contribution in [3.05, 3.63) is 39.8 Å². The molecule has 0 aromatic carbocycles. The van der Waals surface area contributed by atoms with Gasteiger partial charge in [-0.2, -0.15) is 0 Å². The number of rotatable bonds is 3. The molecule has 0 atom stereocenters. The van der Waals surface area contributed by atoms with Crippen molar-refractivity contribution in [1.82, 2.24) is 15.0 Å². The van der Waals surface area contributed by atoms with Gasteiger partial charge in [-0.1, -0.05) is 11.6 Å². The molecule has 8 heteroatoms. The zero-order chi connectivity index (χ0) is 17.1. The van der Waals surface area contributed by atoms with E-state index < -0.39 is 0 Å². The number of aryl methyl sites for hydroxylation is 1. The summed E-state index contributed by atoms with van der Waals surface area (Å²) in [5.74, 6) is 2.04. The lowest BCUT2D eigenvalue weighted by molar-refractivity contribution is -0.120. The van der Waals surface area contributed by atoms with Crippen LogP contribution < -0.4 is 10.2 Å². The zero-order valence-electron chi connectivity index (χ0n) is 13.2. The quantitative estimate of drug-likeness (QED) is 0.785. The summed E-state index contributed by atoms with van der Waals surface area (Å²) in [6.07, 6.45) is 3.20. The fraction of sp³-hybridized carbons (Fsp3) is 0.375. The van der Waals surface area contributed by atoms with E-state index in [0.29, 0.717) is 16.8 Å². The highest BCUT2D eigenvalue weighted by Crippen LogP contribution is 2.24. The molecule has 0 bridgehead atoms. The van der Waals surface area contributed by atoms with Crippen LogP contribution >= 0.6 is 27.5 Å². The largest absolute Gasteiger partial charge is 0.356 e. The highest BCUT2D eigenvalue weighted by molar-refractivity contribution is 9.10. The number of piperidine rings is 1. The van der Waals surface area contributed by atoms with E-state index in [2.05, 4.69) is 41.1 Å². The second-order valence-corrected chi connectivity index (χ2v) is 7.01. The van der Waals surface area contributed by atoms with Gasteiger partial charge in [-0.05, 0) is 47.8 Å². The van der Waals surface area contributed by atoms with Crippen LogP contribution in [-0.4, -0.2) is 33.9 Å². The molecule has 3 rings (SSSR count). The maximum absolute atomic E-state index is 12.4. The summed E-state index contributed by atoms with van der Waals surface area (Å²) in [7, 11) is 0. The number of nitrogens with zero attached hydrogens (tertiary/aromatic N) is 4. The standard InChI is InChI=1S/C16H17BrClN5O/c1-10-20-13(18)8-15(21-10)23-6-4-11(5-7-23)16(24)22-14-3-2-12(17)9-19-14/h2-3,8-9,11H,4-7H2,1H3,(H,19,22,24). The van der Waals surface area contributed by atoms with Crippen LogP contribution in [0.1, 0.15) is 18.7 Å². The smallest absolute Gasteiger partial charge is 0.228 e. The topological polar surface area (TPSA) is 71.0 Å². The molecule has 24 heavy (non-hydrogen) atoms. The normalized spacial score (nSPS) is 15.4. The van der Waals surface area contributed by atoms with E-state index in [1.807, 2.05) is 13.0 Å². The molecule has 0 radical (unpaired) electrons. The average molecular weight is 411 g/mol. The van der Waals surface area contributed by atoms with Crippen molar-refractivity contribution in [2.45, 2.75) is 19.8 Å². The predicted octanol–water partition coefficient (Wildman–Crippen LogP) is 3.45. The van der Waals surface area contributed by atoms with E-state index in [1.54, 1.807) is 18.3 Å². The Bertz CT molecular complexity index is 711. The first-order chi connectivity index (χ1) is 11.5. The summed E-state index contributed by atoms with van der Waals surface area (Å²) in [5.41, 5.74) is 0. The summed E-state index contributed by atoms with van der Waals surface area (Å²) in [4.78, 5) is 27.2. The average Bonchev–Trinajstić information content (AvgIpc) is 2.56. The minimum Gasteiger partial charge on any atom is -0.356 e. The van der Waals surface area contributed by atoms with Crippen LogP contribution in [0.15, 0.2) is 28.9 Å². The van der Waals surface area contributed by atoms with Crippen LogP contribution in [0.2, 0.25) is 5.15 Å². The number of nitrogens with one attached hydrogen (secondary N) is 1. The van der Waals surface area contributed by atoms with Gasteiger partial charge in [0.25, 0.3) is 0 Å². The van der Waals surface area contributed by atoms with Crippen molar-refractivity contribution in [3.8, 4) is 0 Å². The molecule has 1 fully saturated rings. The molecule has 0 aliphatic carbocycles. The Morgan fingerprint density at radius 1 is 1.33 bits per heavy atom. The van der Waals surface area contributed by atoms with Gasteiger partial charge in [-0.25, -0.2) is 15.0 Å². The van der Waals surface area contributed by atoms with Crippen molar-refractivity contribution in [2.24, 2.45) is 5.92 Å². The van der Waals surface area contributed by atoms with E-state index in [4.69, 9.17) is 11.6 Å². The Labute approximate surface area is 153 Å². The van der Waals surface area contributed by atoms with Crippen molar-refractivity contribution >= 4 is 45.1 Å². The number of amides is 1. The first-order valence-corrected chi connectivity index (χ1v) is 8.87. The second kappa shape index (κ2) is 7.44. The molecule has 1 amide bonds. The van der Waals surface area contributed by atoms with Gasteiger partial charge in [-0.3, -0.25) is 4.79 Å². The number of hydrogen-bond acceptors (Lipinski definition) is 5. The molecule has 3 heterocycles. The number of carbonyl (C=O) groups excluding carboxylic acids is 1. The molecule has 2 aromatic heterocycles. The highest BCUT2D eigenvalue weighted by Gasteiger charge is 2.26. The summed E-state index contributed by atoms with van der Waals surface area (Å²) in [6.45, 7) is 3.35. The van der Waals surface area contributed by atoms with Crippen molar-refractivity contribution in [3.63, 3.8) is 0 Å². The van der Waals surface area contributed by atoms with Crippen molar-refractivity contribution in [2.75, 3.05) is 23.3 Å². The molecule has 1 saturated heterocycles. The third-order valence-electron chi connectivity index (χ3n) is 3.96. The van der Waals surface area contributed by atoms with E-state index in [0.717, 1.165) is 36.2 Å².